The highest BCUT2D eigenvalue weighted by molar-refractivity contribution is 7.18. The molecule has 2 aliphatic heterocycles. The number of aromatic nitrogens is 2. The molecule has 3 aromatic rings. The third-order valence-corrected chi connectivity index (χ3v) is 8.21. The summed E-state index contributed by atoms with van der Waals surface area (Å²) in [5.74, 6) is 0.657. The number of halogens is 3. The van der Waals surface area contributed by atoms with Gasteiger partial charge in [0.1, 0.15) is 10.6 Å². The second-order valence-electron chi connectivity index (χ2n) is 9.99. The van der Waals surface area contributed by atoms with E-state index in [2.05, 4.69) is 37.2 Å². The highest BCUT2D eigenvalue weighted by Crippen LogP contribution is 2.44. The third-order valence-electron chi connectivity index (χ3n) is 7.18. The van der Waals surface area contributed by atoms with E-state index >= 15 is 0 Å². The smallest absolute Gasteiger partial charge is 0.393 e. The molecule has 0 saturated carbocycles. The van der Waals surface area contributed by atoms with E-state index in [9.17, 15) is 18.0 Å². The first-order valence-electron chi connectivity index (χ1n) is 12.4. The Morgan fingerprint density at radius 2 is 1.92 bits per heavy atom. The predicted octanol–water partition coefficient (Wildman–Crippen LogP) is 5.26. The maximum absolute atomic E-state index is 13.0. The molecular weight excluding hydrogens is 503 g/mol. The fourth-order valence-electron chi connectivity index (χ4n) is 5.37. The highest BCUT2D eigenvalue weighted by Gasteiger charge is 2.44. The molecule has 1 amide bonds. The number of alkyl halides is 3. The zero-order valence-corrected chi connectivity index (χ0v) is 21.7. The Balaban J connectivity index is 1.28. The van der Waals surface area contributed by atoms with Crippen LogP contribution >= 0.6 is 11.3 Å². The van der Waals surface area contributed by atoms with Crippen molar-refractivity contribution in [2.75, 3.05) is 43.5 Å². The minimum atomic E-state index is -4.27. The normalized spacial score (nSPS) is 20.3. The van der Waals surface area contributed by atoms with Crippen molar-refractivity contribution in [1.82, 2.24) is 14.9 Å². The number of likely N-dealkylation sites (tertiary alicyclic amines) is 1. The summed E-state index contributed by atoms with van der Waals surface area (Å²) in [5.41, 5.74) is 2.11. The molecule has 1 unspecified atom stereocenters. The van der Waals surface area contributed by atoms with E-state index < -0.39 is 12.6 Å². The Labute approximate surface area is 217 Å². The Morgan fingerprint density at radius 1 is 1.16 bits per heavy atom. The van der Waals surface area contributed by atoms with Gasteiger partial charge in [0.2, 0.25) is 5.91 Å². The summed E-state index contributed by atoms with van der Waals surface area (Å²) >= 11 is 1.05. The number of hydrogen-bond acceptors (Lipinski definition) is 7. The van der Waals surface area contributed by atoms with Crippen LogP contribution < -0.4 is 15.0 Å². The number of anilines is 2. The number of ether oxygens (including phenoxy) is 1. The molecule has 0 bridgehead atoms. The number of fused-ring (bicyclic) bond motifs is 1. The van der Waals surface area contributed by atoms with E-state index in [1.165, 1.54) is 12.7 Å². The van der Waals surface area contributed by atoms with E-state index in [0.29, 0.717) is 22.5 Å². The van der Waals surface area contributed by atoms with Crippen molar-refractivity contribution in [3.8, 4) is 6.01 Å². The van der Waals surface area contributed by atoms with Crippen LogP contribution in [0, 0.1) is 5.41 Å². The van der Waals surface area contributed by atoms with E-state index in [-0.39, 0.29) is 22.2 Å². The van der Waals surface area contributed by atoms with Crippen molar-refractivity contribution in [2.24, 2.45) is 5.41 Å². The number of hydrogen-bond donors (Lipinski definition) is 1. The molecule has 5 rings (SSSR count). The van der Waals surface area contributed by atoms with Gasteiger partial charge in [0.05, 0.1) is 18.9 Å². The number of thiophene rings is 1. The van der Waals surface area contributed by atoms with Crippen LogP contribution in [0.15, 0.2) is 30.3 Å². The van der Waals surface area contributed by atoms with Crippen molar-refractivity contribution in [3.05, 3.63) is 40.8 Å². The second kappa shape index (κ2) is 10.1. The quantitative estimate of drug-likeness (QED) is 0.447. The molecule has 0 radical (unpaired) electrons. The molecular formula is C26H30F3N5O2S. The van der Waals surface area contributed by atoms with Crippen LogP contribution in [0.25, 0.3) is 10.2 Å². The molecule has 1 aromatic carbocycles. The molecule has 1 N–H and O–H groups in total. The molecule has 2 saturated heterocycles. The van der Waals surface area contributed by atoms with Gasteiger partial charge in [-0.15, -0.1) is 11.3 Å². The van der Waals surface area contributed by atoms with Crippen molar-refractivity contribution >= 4 is 39.0 Å². The lowest BCUT2D eigenvalue weighted by Crippen LogP contribution is -2.31. The van der Waals surface area contributed by atoms with Gasteiger partial charge in [-0.3, -0.25) is 9.69 Å². The standard InChI is InChI=1S/C26H30F3N5O2S/c1-3-21(35)30-18-6-4-17(5-7-18)14-33-10-8-25(15-33)9-11-34(16-25)22-20-12-19(13-26(27,28)29)37-23(20)32-24(31-22)36-2/h4-7,12H,3,8-11,13-16H2,1-2H3,(H,30,35). The number of rotatable bonds is 7. The van der Waals surface area contributed by atoms with E-state index in [1.54, 1.807) is 6.07 Å². The molecule has 1 spiro atoms. The van der Waals surface area contributed by atoms with Crippen LogP contribution in [0.2, 0.25) is 0 Å². The summed E-state index contributed by atoms with van der Waals surface area (Å²) < 4.78 is 44.3. The molecule has 7 nitrogen and oxygen atoms in total. The van der Waals surface area contributed by atoms with E-state index in [0.717, 1.165) is 62.6 Å². The molecule has 2 fully saturated rings. The van der Waals surface area contributed by atoms with Gasteiger partial charge in [-0.2, -0.15) is 23.1 Å². The minimum Gasteiger partial charge on any atom is -0.467 e. The number of benzene rings is 1. The molecule has 37 heavy (non-hydrogen) atoms. The monoisotopic (exact) mass is 533 g/mol. The van der Waals surface area contributed by atoms with Gasteiger partial charge in [-0.25, -0.2) is 0 Å². The Morgan fingerprint density at radius 3 is 2.62 bits per heavy atom. The van der Waals surface area contributed by atoms with Crippen LogP contribution in [-0.4, -0.2) is 60.2 Å². The molecule has 1 atom stereocenters. The Kier molecular flexibility index (Phi) is 7.01. The van der Waals surface area contributed by atoms with Crippen LogP contribution in [-0.2, 0) is 17.8 Å². The van der Waals surface area contributed by atoms with Gasteiger partial charge >= 0.3 is 12.2 Å². The minimum absolute atomic E-state index is 0.00219. The van der Waals surface area contributed by atoms with Crippen LogP contribution in [0.1, 0.15) is 36.6 Å². The summed E-state index contributed by atoms with van der Waals surface area (Å²) in [7, 11) is 1.47. The van der Waals surface area contributed by atoms with E-state index in [1.807, 2.05) is 19.1 Å². The van der Waals surface area contributed by atoms with Crippen molar-refractivity contribution < 1.29 is 22.7 Å². The zero-order valence-electron chi connectivity index (χ0n) is 20.9. The molecule has 2 aromatic heterocycles. The molecule has 11 heteroatoms. The average molecular weight is 534 g/mol. The highest BCUT2D eigenvalue weighted by atomic mass is 32.1. The van der Waals surface area contributed by atoms with E-state index in [4.69, 9.17) is 4.74 Å². The molecule has 198 valence electrons. The molecule has 4 heterocycles. The van der Waals surface area contributed by atoms with Crippen LogP contribution in [0.4, 0.5) is 24.7 Å². The number of carbonyl (C=O) groups excluding carboxylic acids is 1. The molecule has 0 aliphatic carbocycles. The van der Waals surface area contributed by atoms with Crippen LogP contribution in [0.5, 0.6) is 6.01 Å². The summed E-state index contributed by atoms with van der Waals surface area (Å²) in [6.07, 6.45) is -2.74. The maximum Gasteiger partial charge on any atom is 0.393 e. The van der Waals surface area contributed by atoms with Crippen molar-refractivity contribution in [2.45, 2.75) is 45.3 Å². The lowest BCUT2D eigenvalue weighted by molar-refractivity contribution is -0.126. The number of nitrogens with one attached hydrogen (secondary N) is 1. The number of nitrogens with zero attached hydrogens (tertiary/aromatic N) is 4. The number of carbonyl (C=O) groups is 1. The average Bonchev–Trinajstić information content (AvgIpc) is 3.57. The van der Waals surface area contributed by atoms with Crippen LogP contribution in [0.3, 0.4) is 0 Å². The first-order chi connectivity index (χ1) is 17.6. The first kappa shape index (κ1) is 25.7. The third kappa shape index (κ3) is 5.82. The fraction of sp³-hybridized carbons (Fsp3) is 0.500. The first-order valence-corrected chi connectivity index (χ1v) is 13.2. The van der Waals surface area contributed by atoms with Gasteiger partial charge in [0.15, 0.2) is 0 Å². The van der Waals surface area contributed by atoms with Gasteiger partial charge in [0.25, 0.3) is 0 Å². The lowest BCUT2D eigenvalue weighted by atomic mass is 9.86. The predicted molar refractivity (Wildman–Crippen MR) is 138 cm³/mol. The lowest BCUT2D eigenvalue weighted by Gasteiger charge is -2.25. The van der Waals surface area contributed by atoms with Gasteiger partial charge in [0, 0.05) is 48.6 Å². The maximum atomic E-state index is 13.0. The van der Waals surface area contributed by atoms with Crippen molar-refractivity contribution in [3.63, 3.8) is 0 Å². The second-order valence-corrected chi connectivity index (χ2v) is 11.1. The summed E-state index contributed by atoms with van der Waals surface area (Å²) in [6.45, 7) is 6.18. The topological polar surface area (TPSA) is 70.6 Å². The van der Waals surface area contributed by atoms with Crippen molar-refractivity contribution in [1.29, 1.82) is 0 Å². The number of amides is 1. The summed E-state index contributed by atoms with van der Waals surface area (Å²) in [4.78, 5) is 25.9. The Bertz CT molecular complexity index is 1280. The summed E-state index contributed by atoms with van der Waals surface area (Å²) in [5, 5.41) is 3.53. The Hall–Kier alpha value is -2.92. The van der Waals surface area contributed by atoms with Gasteiger partial charge < -0.3 is 15.0 Å². The summed E-state index contributed by atoms with van der Waals surface area (Å²) in [6, 6.07) is 9.74. The van der Waals surface area contributed by atoms with Gasteiger partial charge in [-0.1, -0.05) is 19.1 Å². The largest absolute Gasteiger partial charge is 0.467 e. The SMILES string of the molecule is CCC(=O)Nc1ccc(CN2CCC3(CCN(c4nc(OC)nc5sc(CC(F)(F)F)cc45)C3)C2)cc1. The zero-order chi connectivity index (χ0) is 26.2. The van der Waals surface area contributed by atoms with Gasteiger partial charge in [-0.05, 0) is 43.1 Å². The number of methoxy groups -OCH3 is 1. The molecule has 2 aliphatic rings. The fourth-order valence-corrected chi connectivity index (χ4v) is 6.41.